The van der Waals surface area contributed by atoms with Crippen molar-refractivity contribution in [2.24, 2.45) is 0 Å². The van der Waals surface area contributed by atoms with Crippen LogP contribution < -0.4 is 10.1 Å². The minimum atomic E-state index is -0.478. The van der Waals surface area contributed by atoms with Gasteiger partial charge in [-0.2, -0.15) is 0 Å². The molecule has 0 saturated carbocycles. The number of esters is 1. The minimum absolute atomic E-state index is 0.133. The van der Waals surface area contributed by atoms with Gasteiger partial charge < -0.3 is 14.8 Å². The summed E-state index contributed by atoms with van der Waals surface area (Å²) in [4.78, 5) is 24.1. The monoisotopic (exact) mass is 311 g/mol. The van der Waals surface area contributed by atoms with Gasteiger partial charge in [-0.3, -0.25) is 4.79 Å². The number of ether oxygens (including phenoxy) is 2. The van der Waals surface area contributed by atoms with Gasteiger partial charge in [-0.05, 0) is 24.6 Å². The van der Waals surface area contributed by atoms with Crippen molar-refractivity contribution in [3.63, 3.8) is 0 Å². The molecule has 1 unspecified atom stereocenters. The molecule has 0 fully saturated rings. The fourth-order valence-corrected chi connectivity index (χ4v) is 2.43. The molecule has 1 amide bonds. The van der Waals surface area contributed by atoms with Gasteiger partial charge in [0.2, 0.25) is 5.91 Å². The van der Waals surface area contributed by atoms with E-state index in [1.807, 2.05) is 30.3 Å². The SMILES string of the molecule is CC1CC(=O)Nc2cccc(C(=O)OCc3ccccc3)c2O1. The van der Waals surface area contributed by atoms with Crippen LogP contribution in [0.4, 0.5) is 5.69 Å². The van der Waals surface area contributed by atoms with Crippen molar-refractivity contribution in [2.45, 2.75) is 26.1 Å². The van der Waals surface area contributed by atoms with Gasteiger partial charge >= 0.3 is 5.97 Å². The van der Waals surface area contributed by atoms with Crippen molar-refractivity contribution in [3.8, 4) is 5.75 Å². The van der Waals surface area contributed by atoms with Crippen molar-refractivity contribution in [1.29, 1.82) is 0 Å². The molecule has 0 radical (unpaired) electrons. The maximum atomic E-state index is 12.4. The molecule has 0 saturated heterocycles. The summed E-state index contributed by atoms with van der Waals surface area (Å²) >= 11 is 0. The van der Waals surface area contributed by atoms with E-state index in [1.54, 1.807) is 25.1 Å². The van der Waals surface area contributed by atoms with Crippen LogP contribution in [-0.2, 0) is 16.1 Å². The summed E-state index contributed by atoms with van der Waals surface area (Å²) in [6.07, 6.45) is -0.0629. The predicted octanol–water partition coefficient (Wildman–Crippen LogP) is 3.15. The van der Waals surface area contributed by atoms with Gasteiger partial charge in [-0.25, -0.2) is 4.79 Å². The number of hydrogen-bond acceptors (Lipinski definition) is 4. The van der Waals surface area contributed by atoms with Gasteiger partial charge in [0.1, 0.15) is 18.3 Å². The summed E-state index contributed by atoms with van der Waals surface area (Å²) in [6, 6.07) is 14.5. The van der Waals surface area contributed by atoms with Gasteiger partial charge in [0.05, 0.1) is 12.1 Å². The Morgan fingerprint density at radius 2 is 2.00 bits per heavy atom. The third kappa shape index (κ3) is 3.51. The summed E-state index contributed by atoms with van der Waals surface area (Å²) in [6.45, 7) is 1.98. The van der Waals surface area contributed by atoms with Crippen molar-refractivity contribution in [1.82, 2.24) is 0 Å². The van der Waals surface area contributed by atoms with Crippen molar-refractivity contribution < 1.29 is 19.1 Å². The van der Waals surface area contributed by atoms with Crippen LogP contribution in [0.5, 0.6) is 5.75 Å². The standard InChI is InChI=1S/C18H17NO4/c1-12-10-16(20)19-15-9-5-8-14(17(15)23-12)18(21)22-11-13-6-3-2-4-7-13/h2-9,12H,10-11H2,1H3,(H,19,20). The lowest BCUT2D eigenvalue weighted by Crippen LogP contribution is -2.17. The minimum Gasteiger partial charge on any atom is -0.487 e. The lowest BCUT2D eigenvalue weighted by Gasteiger charge is -2.15. The predicted molar refractivity (Wildman–Crippen MR) is 85.3 cm³/mol. The first-order valence-corrected chi connectivity index (χ1v) is 7.44. The molecule has 118 valence electrons. The Labute approximate surface area is 134 Å². The van der Waals surface area contributed by atoms with E-state index in [4.69, 9.17) is 9.47 Å². The molecule has 1 aliphatic heterocycles. The van der Waals surface area contributed by atoms with Crippen LogP contribution in [0, 0.1) is 0 Å². The van der Waals surface area contributed by atoms with Gasteiger partial charge in [0, 0.05) is 0 Å². The number of rotatable bonds is 3. The Bertz CT molecular complexity index is 727. The van der Waals surface area contributed by atoms with Crippen LogP contribution in [0.3, 0.4) is 0 Å². The van der Waals surface area contributed by atoms with Gasteiger partial charge in [-0.1, -0.05) is 36.4 Å². The van der Waals surface area contributed by atoms with E-state index >= 15 is 0 Å². The number of amides is 1. The average molecular weight is 311 g/mol. The average Bonchev–Trinajstić information content (AvgIpc) is 2.69. The summed E-state index contributed by atoms with van der Waals surface area (Å²) in [7, 11) is 0. The summed E-state index contributed by atoms with van der Waals surface area (Å²) < 4.78 is 11.1. The zero-order chi connectivity index (χ0) is 16.2. The van der Waals surface area contributed by atoms with E-state index in [1.165, 1.54) is 0 Å². The molecule has 1 atom stereocenters. The molecule has 23 heavy (non-hydrogen) atoms. The zero-order valence-electron chi connectivity index (χ0n) is 12.7. The third-order valence-corrected chi connectivity index (χ3v) is 3.51. The molecule has 0 bridgehead atoms. The van der Waals surface area contributed by atoms with E-state index in [0.717, 1.165) is 5.56 Å². The molecule has 5 nitrogen and oxygen atoms in total. The largest absolute Gasteiger partial charge is 0.487 e. The number of nitrogens with one attached hydrogen (secondary N) is 1. The first-order valence-electron chi connectivity index (χ1n) is 7.44. The zero-order valence-corrected chi connectivity index (χ0v) is 12.7. The fourth-order valence-electron chi connectivity index (χ4n) is 2.43. The maximum Gasteiger partial charge on any atom is 0.342 e. The second-order valence-corrected chi connectivity index (χ2v) is 5.42. The highest BCUT2D eigenvalue weighted by Gasteiger charge is 2.24. The maximum absolute atomic E-state index is 12.4. The Kier molecular flexibility index (Phi) is 4.28. The second-order valence-electron chi connectivity index (χ2n) is 5.42. The number of anilines is 1. The van der Waals surface area contributed by atoms with Gasteiger partial charge in [0.15, 0.2) is 5.75 Å². The summed E-state index contributed by atoms with van der Waals surface area (Å²) in [5, 5.41) is 2.75. The number of carbonyl (C=O) groups is 2. The van der Waals surface area contributed by atoms with E-state index in [9.17, 15) is 9.59 Å². The Morgan fingerprint density at radius 3 is 2.78 bits per heavy atom. The molecular weight excluding hydrogens is 294 g/mol. The molecule has 0 aliphatic carbocycles. The molecule has 1 heterocycles. The van der Waals surface area contributed by atoms with Gasteiger partial charge in [-0.15, -0.1) is 0 Å². The number of carbonyl (C=O) groups excluding carboxylic acids is 2. The molecule has 1 aliphatic rings. The topological polar surface area (TPSA) is 64.6 Å². The first kappa shape index (κ1) is 15.1. The highest BCUT2D eigenvalue weighted by Crippen LogP contribution is 2.33. The van der Waals surface area contributed by atoms with Crippen LogP contribution in [0.2, 0.25) is 0 Å². The van der Waals surface area contributed by atoms with E-state index in [2.05, 4.69) is 5.32 Å². The number of hydrogen-bond donors (Lipinski definition) is 1. The molecule has 0 spiro atoms. The highest BCUT2D eigenvalue weighted by atomic mass is 16.5. The molecule has 2 aromatic carbocycles. The van der Waals surface area contributed by atoms with Crippen molar-refractivity contribution in [2.75, 3.05) is 5.32 Å². The quantitative estimate of drug-likeness (QED) is 0.884. The Hall–Kier alpha value is -2.82. The Balaban J connectivity index is 1.81. The number of benzene rings is 2. The van der Waals surface area contributed by atoms with Crippen LogP contribution >= 0.6 is 0 Å². The van der Waals surface area contributed by atoms with Crippen molar-refractivity contribution >= 4 is 17.6 Å². The van der Waals surface area contributed by atoms with E-state index < -0.39 is 5.97 Å². The smallest absolute Gasteiger partial charge is 0.342 e. The second kappa shape index (κ2) is 6.52. The molecule has 0 aromatic heterocycles. The lowest BCUT2D eigenvalue weighted by molar-refractivity contribution is -0.117. The van der Waals surface area contributed by atoms with Crippen LogP contribution in [0.1, 0.15) is 29.3 Å². The lowest BCUT2D eigenvalue weighted by atomic mass is 10.1. The normalized spacial score (nSPS) is 16.6. The highest BCUT2D eigenvalue weighted by molar-refractivity contribution is 5.99. The van der Waals surface area contributed by atoms with E-state index in [0.29, 0.717) is 17.0 Å². The van der Waals surface area contributed by atoms with Crippen LogP contribution in [-0.4, -0.2) is 18.0 Å². The van der Waals surface area contributed by atoms with Crippen LogP contribution in [0.25, 0.3) is 0 Å². The summed E-state index contributed by atoms with van der Waals surface area (Å²) in [5.74, 6) is -0.246. The molecule has 5 heteroatoms. The summed E-state index contributed by atoms with van der Waals surface area (Å²) in [5.41, 5.74) is 1.71. The fraction of sp³-hybridized carbons (Fsp3) is 0.222. The first-order chi connectivity index (χ1) is 11.1. The molecule has 1 N–H and O–H groups in total. The molecule has 3 rings (SSSR count). The van der Waals surface area contributed by atoms with Gasteiger partial charge in [0.25, 0.3) is 0 Å². The Morgan fingerprint density at radius 1 is 1.22 bits per heavy atom. The third-order valence-electron chi connectivity index (χ3n) is 3.51. The van der Waals surface area contributed by atoms with Crippen molar-refractivity contribution in [3.05, 3.63) is 59.7 Å². The van der Waals surface area contributed by atoms with E-state index in [-0.39, 0.29) is 25.0 Å². The number of fused-ring (bicyclic) bond motifs is 1. The molecular formula is C18H17NO4. The molecule has 2 aromatic rings. The number of para-hydroxylation sites is 1. The van der Waals surface area contributed by atoms with Crippen LogP contribution in [0.15, 0.2) is 48.5 Å².